The van der Waals surface area contributed by atoms with Crippen LogP contribution in [-0.4, -0.2) is 34.3 Å². The maximum absolute atomic E-state index is 12.6. The number of hydrogen-bond acceptors (Lipinski definition) is 3. The van der Waals surface area contributed by atoms with Gasteiger partial charge in [0.2, 0.25) is 0 Å². The van der Waals surface area contributed by atoms with E-state index in [1.54, 1.807) is 4.68 Å². The van der Waals surface area contributed by atoms with E-state index < -0.39 is 12.5 Å². The van der Waals surface area contributed by atoms with Crippen LogP contribution < -0.4 is 5.32 Å². The lowest BCUT2D eigenvalue weighted by atomic mass is 10.2. The Bertz CT molecular complexity index is 312. The van der Waals surface area contributed by atoms with Gasteiger partial charge in [0.25, 0.3) is 6.43 Å². The summed E-state index contributed by atoms with van der Waals surface area (Å²) in [5.41, 5.74) is 0. The van der Waals surface area contributed by atoms with Gasteiger partial charge in [-0.25, -0.2) is 18.4 Å². The molecule has 6 heteroatoms. The van der Waals surface area contributed by atoms with Gasteiger partial charge in [0.05, 0.1) is 6.04 Å². The normalized spacial score (nSPS) is 13.7. The SMILES string of the molecule is CNC(Cc1ncnn1CC(C)C)C(F)F. The van der Waals surface area contributed by atoms with E-state index in [-0.39, 0.29) is 6.42 Å². The first-order chi connectivity index (χ1) is 7.54. The average molecular weight is 232 g/mol. The molecule has 0 aliphatic rings. The molecule has 1 aromatic heterocycles. The Morgan fingerprint density at radius 2 is 2.12 bits per heavy atom. The Balaban J connectivity index is 2.68. The number of alkyl halides is 2. The molecule has 16 heavy (non-hydrogen) atoms. The lowest BCUT2D eigenvalue weighted by molar-refractivity contribution is 0.100. The van der Waals surface area contributed by atoms with E-state index in [0.717, 1.165) is 0 Å². The minimum atomic E-state index is -2.39. The summed E-state index contributed by atoms with van der Waals surface area (Å²) < 4.78 is 26.8. The van der Waals surface area contributed by atoms with Crippen molar-refractivity contribution >= 4 is 0 Å². The van der Waals surface area contributed by atoms with Crippen molar-refractivity contribution in [2.24, 2.45) is 5.92 Å². The first-order valence-corrected chi connectivity index (χ1v) is 5.36. The van der Waals surface area contributed by atoms with Crippen molar-refractivity contribution in [3.8, 4) is 0 Å². The average Bonchev–Trinajstić information content (AvgIpc) is 2.60. The maximum Gasteiger partial charge on any atom is 0.254 e. The van der Waals surface area contributed by atoms with E-state index in [0.29, 0.717) is 18.3 Å². The molecule has 92 valence electrons. The molecule has 0 amide bonds. The maximum atomic E-state index is 12.6. The molecule has 0 aliphatic carbocycles. The standard InChI is InChI=1S/C10H18F2N4/c1-7(2)5-16-9(14-6-15-16)4-8(13-3)10(11)12/h6-8,10,13H,4-5H2,1-3H3. The molecule has 0 saturated heterocycles. The Morgan fingerprint density at radius 3 is 2.62 bits per heavy atom. The van der Waals surface area contributed by atoms with Crippen LogP contribution in [0, 0.1) is 5.92 Å². The molecule has 1 N–H and O–H groups in total. The lowest BCUT2D eigenvalue weighted by Crippen LogP contribution is -2.35. The van der Waals surface area contributed by atoms with Crippen LogP contribution in [0.3, 0.4) is 0 Å². The third kappa shape index (κ3) is 3.52. The Hall–Kier alpha value is -1.04. The molecular weight excluding hydrogens is 214 g/mol. The fraction of sp³-hybridized carbons (Fsp3) is 0.800. The Morgan fingerprint density at radius 1 is 1.44 bits per heavy atom. The van der Waals surface area contributed by atoms with Crippen molar-refractivity contribution in [3.05, 3.63) is 12.2 Å². The number of aromatic nitrogens is 3. The van der Waals surface area contributed by atoms with E-state index in [9.17, 15) is 8.78 Å². The molecule has 1 heterocycles. The number of likely N-dealkylation sites (N-methyl/N-ethyl adjacent to an activating group) is 1. The van der Waals surface area contributed by atoms with Crippen molar-refractivity contribution in [1.29, 1.82) is 0 Å². The molecule has 1 atom stereocenters. The highest BCUT2D eigenvalue weighted by molar-refractivity contribution is 4.90. The van der Waals surface area contributed by atoms with Crippen LogP contribution in [0.2, 0.25) is 0 Å². The van der Waals surface area contributed by atoms with Gasteiger partial charge in [-0.05, 0) is 13.0 Å². The molecule has 0 saturated carbocycles. The third-order valence-corrected chi connectivity index (χ3v) is 2.31. The van der Waals surface area contributed by atoms with Crippen LogP contribution in [0.1, 0.15) is 19.7 Å². The molecule has 0 radical (unpaired) electrons. The molecular formula is C10H18F2N4. The number of nitrogens with one attached hydrogen (secondary N) is 1. The van der Waals surface area contributed by atoms with E-state index in [1.807, 2.05) is 13.8 Å². The van der Waals surface area contributed by atoms with Gasteiger partial charge in [0, 0.05) is 13.0 Å². The van der Waals surface area contributed by atoms with E-state index in [4.69, 9.17) is 0 Å². The van der Waals surface area contributed by atoms with Gasteiger partial charge < -0.3 is 5.32 Å². The van der Waals surface area contributed by atoms with Crippen molar-refractivity contribution in [1.82, 2.24) is 20.1 Å². The predicted molar refractivity (Wildman–Crippen MR) is 57.4 cm³/mol. The van der Waals surface area contributed by atoms with Crippen molar-refractivity contribution in [2.45, 2.75) is 39.3 Å². The zero-order chi connectivity index (χ0) is 12.1. The number of rotatable bonds is 6. The first-order valence-electron chi connectivity index (χ1n) is 5.36. The highest BCUT2D eigenvalue weighted by atomic mass is 19.3. The summed E-state index contributed by atoms with van der Waals surface area (Å²) in [5.74, 6) is 1.02. The quantitative estimate of drug-likeness (QED) is 0.804. The van der Waals surface area contributed by atoms with Gasteiger partial charge in [-0.2, -0.15) is 5.10 Å². The summed E-state index contributed by atoms with van der Waals surface area (Å²) in [4.78, 5) is 4.02. The summed E-state index contributed by atoms with van der Waals surface area (Å²) in [6, 6.07) is -0.866. The van der Waals surface area contributed by atoms with Crippen LogP contribution in [0.4, 0.5) is 8.78 Å². The van der Waals surface area contributed by atoms with E-state index in [2.05, 4.69) is 15.4 Å². The van der Waals surface area contributed by atoms with Crippen molar-refractivity contribution in [3.63, 3.8) is 0 Å². The lowest BCUT2D eigenvalue weighted by Gasteiger charge is -2.15. The van der Waals surface area contributed by atoms with Gasteiger partial charge in [-0.3, -0.25) is 0 Å². The zero-order valence-electron chi connectivity index (χ0n) is 9.82. The number of nitrogens with zero attached hydrogens (tertiary/aromatic N) is 3. The highest BCUT2D eigenvalue weighted by Gasteiger charge is 2.21. The van der Waals surface area contributed by atoms with Gasteiger partial charge in [0.1, 0.15) is 12.2 Å². The predicted octanol–water partition coefficient (Wildman–Crippen LogP) is 1.33. The smallest absolute Gasteiger partial charge is 0.254 e. The van der Waals surface area contributed by atoms with Gasteiger partial charge in [-0.15, -0.1) is 0 Å². The van der Waals surface area contributed by atoms with Crippen LogP contribution >= 0.6 is 0 Å². The highest BCUT2D eigenvalue weighted by Crippen LogP contribution is 2.08. The van der Waals surface area contributed by atoms with Crippen LogP contribution in [-0.2, 0) is 13.0 Å². The van der Waals surface area contributed by atoms with Crippen molar-refractivity contribution in [2.75, 3.05) is 7.05 Å². The molecule has 0 fully saturated rings. The minimum Gasteiger partial charge on any atom is -0.312 e. The Kier molecular flexibility index (Phi) is 4.79. The van der Waals surface area contributed by atoms with Crippen LogP contribution in [0.15, 0.2) is 6.33 Å². The summed E-state index contributed by atoms with van der Waals surface area (Å²) in [6.45, 7) is 4.80. The van der Waals surface area contributed by atoms with Gasteiger partial charge in [0.15, 0.2) is 0 Å². The summed E-state index contributed by atoms with van der Waals surface area (Å²) in [7, 11) is 1.53. The molecule has 1 unspecified atom stereocenters. The molecule has 0 aromatic carbocycles. The summed E-state index contributed by atoms with van der Waals surface area (Å²) >= 11 is 0. The Labute approximate surface area is 94.1 Å². The second-order valence-electron chi connectivity index (χ2n) is 4.19. The van der Waals surface area contributed by atoms with Crippen LogP contribution in [0.25, 0.3) is 0 Å². The summed E-state index contributed by atoms with van der Waals surface area (Å²) in [6.07, 6.45) is -0.786. The number of hydrogen-bond donors (Lipinski definition) is 1. The van der Waals surface area contributed by atoms with Crippen molar-refractivity contribution < 1.29 is 8.78 Å². The molecule has 0 spiro atoms. The molecule has 0 bridgehead atoms. The second-order valence-corrected chi connectivity index (χ2v) is 4.19. The topological polar surface area (TPSA) is 42.7 Å². The van der Waals surface area contributed by atoms with E-state index in [1.165, 1.54) is 13.4 Å². The third-order valence-electron chi connectivity index (χ3n) is 2.31. The fourth-order valence-electron chi connectivity index (χ4n) is 1.46. The second kappa shape index (κ2) is 5.89. The zero-order valence-corrected chi connectivity index (χ0v) is 9.82. The monoisotopic (exact) mass is 232 g/mol. The molecule has 1 aromatic rings. The van der Waals surface area contributed by atoms with Gasteiger partial charge >= 0.3 is 0 Å². The number of halogens is 2. The minimum absolute atomic E-state index is 0.195. The van der Waals surface area contributed by atoms with Gasteiger partial charge in [-0.1, -0.05) is 13.8 Å². The molecule has 4 nitrogen and oxygen atoms in total. The fourth-order valence-corrected chi connectivity index (χ4v) is 1.46. The van der Waals surface area contributed by atoms with Crippen LogP contribution in [0.5, 0.6) is 0 Å². The molecule has 1 rings (SSSR count). The van der Waals surface area contributed by atoms with E-state index >= 15 is 0 Å². The largest absolute Gasteiger partial charge is 0.312 e. The first kappa shape index (κ1) is 13.0. The molecule has 0 aliphatic heterocycles. The summed E-state index contributed by atoms with van der Waals surface area (Å²) in [5, 5.41) is 6.63.